The molecule has 0 spiro atoms. The van der Waals surface area contributed by atoms with Crippen LogP contribution in [-0.4, -0.2) is 49.3 Å². The molecule has 2 aliphatic rings. The molecule has 0 unspecified atom stereocenters. The van der Waals surface area contributed by atoms with Gasteiger partial charge in [0.25, 0.3) is 0 Å². The first-order chi connectivity index (χ1) is 9.61. The fraction of sp³-hybridized carbons (Fsp3) is 0.857. The Bertz CT molecular complexity index is 361. The van der Waals surface area contributed by atoms with E-state index in [9.17, 15) is 9.59 Å². The van der Waals surface area contributed by atoms with Gasteiger partial charge in [-0.05, 0) is 32.1 Å². The summed E-state index contributed by atoms with van der Waals surface area (Å²) in [4.78, 5) is 24.9. The monoisotopic (exact) mass is 284 g/mol. The molecule has 1 heterocycles. The molecule has 2 rings (SSSR count). The van der Waals surface area contributed by atoms with Gasteiger partial charge in [-0.15, -0.1) is 0 Å². The minimum absolute atomic E-state index is 0.00327. The third-order valence-electron chi connectivity index (χ3n) is 4.28. The Kier molecular flexibility index (Phi) is 5.23. The van der Waals surface area contributed by atoms with Crippen LogP contribution in [0.15, 0.2) is 0 Å². The number of ether oxygens (including phenoxy) is 2. The SMILES string of the molecule is CO[C@@H]1CCCC[C@@H]1OC(=O)[C@H]1CCCN(C(N)=O)C1. The van der Waals surface area contributed by atoms with Crippen LogP contribution in [0.2, 0.25) is 0 Å². The maximum Gasteiger partial charge on any atom is 0.314 e. The molecule has 0 aromatic rings. The molecule has 2 fully saturated rings. The molecule has 1 aliphatic heterocycles. The standard InChI is InChI=1S/C14H24N2O4/c1-19-11-6-2-3-7-12(11)20-13(17)10-5-4-8-16(9-10)14(15)18/h10-12H,2-9H2,1H3,(H2,15,18)/t10-,11+,12-/m0/s1. The van der Waals surface area contributed by atoms with Crippen molar-refractivity contribution in [3.8, 4) is 0 Å². The number of nitrogens with zero attached hydrogens (tertiary/aromatic N) is 1. The van der Waals surface area contributed by atoms with Crippen LogP contribution in [0.25, 0.3) is 0 Å². The maximum absolute atomic E-state index is 12.2. The van der Waals surface area contributed by atoms with Gasteiger partial charge in [0.15, 0.2) is 0 Å². The highest BCUT2D eigenvalue weighted by Gasteiger charge is 2.33. The number of nitrogens with two attached hydrogens (primary N) is 1. The minimum Gasteiger partial charge on any atom is -0.459 e. The molecule has 20 heavy (non-hydrogen) atoms. The molecule has 2 amide bonds. The number of carbonyl (C=O) groups excluding carboxylic acids is 2. The summed E-state index contributed by atoms with van der Waals surface area (Å²) in [5.41, 5.74) is 5.27. The summed E-state index contributed by atoms with van der Waals surface area (Å²) in [6.07, 6.45) is 5.38. The lowest BCUT2D eigenvalue weighted by atomic mass is 9.94. The van der Waals surface area contributed by atoms with E-state index in [1.54, 1.807) is 7.11 Å². The topological polar surface area (TPSA) is 81.9 Å². The first kappa shape index (κ1) is 15.1. The highest BCUT2D eigenvalue weighted by molar-refractivity contribution is 5.76. The zero-order valence-corrected chi connectivity index (χ0v) is 12.0. The first-order valence-corrected chi connectivity index (χ1v) is 7.39. The molecule has 2 N–H and O–H groups in total. The summed E-state index contributed by atoms with van der Waals surface area (Å²) in [6, 6.07) is -0.463. The predicted octanol–water partition coefficient (Wildman–Crippen LogP) is 1.28. The third kappa shape index (κ3) is 3.62. The molecule has 0 aromatic heterocycles. The number of hydrogen-bond donors (Lipinski definition) is 1. The smallest absolute Gasteiger partial charge is 0.314 e. The van der Waals surface area contributed by atoms with Crippen molar-refractivity contribution < 1.29 is 19.1 Å². The molecular weight excluding hydrogens is 260 g/mol. The number of urea groups is 1. The van der Waals surface area contributed by atoms with Crippen LogP contribution in [0.3, 0.4) is 0 Å². The van der Waals surface area contributed by atoms with E-state index in [1.165, 1.54) is 4.90 Å². The normalized spacial score (nSPS) is 30.9. The van der Waals surface area contributed by atoms with E-state index in [2.05, 4.69) is 0 Å². The summed E-state index contributed by atoms with van der Waals surface area (Å²) in [6.45, 7) is 1.00. The number of hydrogen-bond acceptors (Lipinski definition) is 4. The second kappa shape index (κ2) is 6.92. The molecule has 0 radical (unpaired) electrons. The Morgan fingerprint density at radius 1 is 1.10 bits per heavy atom. The summed E-state index contributed by atoms with van der Waals surface area (Å²) in [5, 5.41) is 0. The molecular formula is C14H24N2O4. The first-order valence-electron chi connectivity index (χ1n) is 7.39. The van der Waals surface area contributed by atoms with Gasteiger partial charge in [0.05, 0.1) is 12.0 Å². The molecule has 1 saturated heterocycles. The lowest BCUT2D eigenvalue weighted by Gasteiger charge is -2.34. The number of amides is 2. The van der Waals surface area contributed by atoms with Crippen molar-refractivity contribution in [3.05, 3.63) is 0 Å². The summed E-state index contributed by atoms with van der Waals surface area (Å²) in [7, 11) is 1.66. The number of rotatable bonds is 3. The van der Waals surface area contributed by atoms with E-state index in [1.807, 2.05) is 0 Å². The van der Waals surface area contributed by atoms with Crippen LogP contribution in [0.1, 0.15) is 38.5 Å². The molecule has 6 nitrogen and oxygen atoms in total. The zero-order chi connectivity index (χ0) is 14.5. The average molecular weight is 284 g/mol. The van der Waals surface area contributed by atoms with E-state index >= 15 is 0 Å². The maximum atomic E-state index is 12.2. The predicted molar refractivity (Wildman–Crippen MR) is 73.0 cm³/mol. The Hall–Kier alpha value is -1.30. The van der Waals surface area contributed by atoms with E-state index < -0.39 is 6.03 Å². The van der Waals surface area contributed by atoms with Gasteiger partial charge in [-0.25, -0.2) is 4.79 Å². The zero-order valence-electron chi connectivity index (χ0n) is 12.0. The average Bonchev–Trinajstić information content (AvgIpc) is 2.48. The third-order valence-corrected chi connectivity index (χ3v) is 4.28. The fourth-order valence-electron chi connectivity index (χ4n) is 3.08. The van der Waals surface area contributed by atoms with E-state index in [-0.39, 0.29) is 24.1 Å². The number of esters is 1. The lowest BCUT2D eigenvalue weighted by molar-refractivity contribution is -0.165. The number of likely N-dealkylation sites (tertiary alicyclic amines) is 1. The van der Waals surface area contributed by atoms with Crippen LogP contribution in [0.5, 0.6) is 0 Å². The van der Waals surface area contributed by atoms with Gasteiger partial charge in [0.1, 0.15) is 6.10 Å². The number of carbonyl (C=O) groups is 2. The van der Waals surface area contributed by atoms with Crippen molar-refractivity contribution in [2.24, 2.45) is 11.7 Å². The molecule has 114 valence electrons. The summed E-state index contributed by atoms with van der Waals surface area (Å²) in [5.74, 6) is -0.472. The molecule has 1 aliphatic carbocycles. The lowest BCUT2D eigenvalue weighted by Crippen LogP contribution is -2.46. The Labute approximate surface area is 119 Å². The van der Waals surface area contributed by atoms with Gasteiger partial charge in [-0.1, -0.05) is 6.42 Å². The van der Waals surface area contributed by atoms with E-state index in [0.29, 0.717) is 13.1 Å². The van der Waals surface area contributed by atoms with Crippen LogP contribution in [0, 0.1) is 5.92 Å². The van der Waals surface area contributed by atoms with Gasteiger partial charge in [-0.3, -0.25) is 4.79 Å². The number of methoxy groups -OCH3 is 1. The Morgan fingerprint density at radius 3 is 2.45 bits per heavy atom. The number of primary amides is 1. The highest BCUT2D eigenvalue weighted by atomic mass is 16.6. The second-order valence-electron chi connectivity index (χ2n) is 5.66. The van der Waals surface area contributed by atoms with E-state index in [0.717, 1.165) is 38.5 Å². The van der Waals surface area contributed by atoms with Crippen molar-refractivity contribution in [1.82, 2.24) is 4.90 Å². The van der Waals surface area contributed by atoms with Gasteiger partial charge >= 0.3 is 12.0 Å². The van der Waals surface area contributed by atoms with Crippen molar-refractivity contribution in [1.29, 1.82) is 0 Å². The minimum atomic E-state index is -0.463. The molecule has 0 bridgehead atoms. The van der Waals surface area contributed by atoms with Gasteiger partial charge in [0.2, 0.25) is 0 Å². The van der Waals surface area contributed by atoms with Crippen molar-refractivity contribution in [3.63, 3.8) is 0 Å². The van der Waals surface area contributed by atoms with Crippen LogP contribution in [-0.2, 0) is 14.3 Å². The van der Waals surface area contributed by atoms with Crippen LogP contribution in [0.4, 0.5) is 4.79 Å². The Morgan fingerprint density at radius 2 is 1.80 bits per heavy atom. The Balaban J connectivity index is 1.88. The second-order valence-corrected chi connectivity index (χ2v) is 5.66. The summed E-state index contributed by atoms with van der Waals surface area (Å²) >= 11 is 0. The van der Waals surface area contributed by atoms with Gasteiger partial charge in [-0.2, -0.15) is 0 Å². The van der Waals surface area contributed by atoms with E-state index in [4.69, 9.17) is 15.2 Å². The molecule has 1 saturated carbocycles. The molecule has 6 heteroatoms. The van der Waals surface area contributed by atoms with Gasteiger partial charge < -0.3 is 20.1 Å². The highest BCUT2D eigenvalue weighted by Crippen LogP contribution is 2.26. The van der Waals surface area contributed by atoms with Crippen LogP contribution < -0.4 is 5.73 Å². The molecule has 3 atom stereocenters. The van der Waals surface area contributed by atoms with Crippen molar-refractivity contribution >= 4 is 12.0 Å². The van der Waals surface area contributed by atoms with Crippen molar-refractivity contribution in [2.75, 3.05) is 20.2 Å². The molecule has 0 aromatic carbocycles. The fourth-order valence-corrected chi connectivity index (χ4v) is 3.08. The van der Waals surface area contributed by atoms with Gasteiger partial charge in [0, 0.05) is 20.2 Å². The largest absolute Gasteiger partial charge is 0.459 e. The summed E-state index contributed by atoms with van der Waals surface area (Å²) < 4.78 is 11.0. The number of piperidine rings is 1. The van der Waals surface area contributed by atoms with Crippen LogP contribution >= 0.6 is 0 Å². The quantitative estimate of drug-likeness (QED) is 0.791. The van der Waals surface area contributed by atoms with Crippen molar-refractivity contribution in [2.45, 2.75) is 50.7 Å².